The first kappa shape index (κ1) is 34.4. The minimum absolute atomic E-state index is 0.0107. The number of ether oxygens (including phenoxy) is 3. The maximum Gasteiger partial charge on any atom is 0.254 e. The molecule has 5 rings (SSSR count). The van der Waals surface area contributed by atoms with Gasteiger partial charge in [-0.3, -0.25) is 9.59 Å². The molecule has 2 atom stereocenters. The summed E-state index contributed by atoms with van der Waals surface area (Å²) in [7, 11) is 3.25. The van der Waals surface area contributed by atoms with E-state index >= 15 is 0 Å². The molecule has 0 bridgehead atoms. The van der Waals surface area contributed by atoms with Crippen molar-refractivity contribution in [1.29, 1.82) is 0 Å². The first-order valence-corrected chi connectivity index (χ1v) is 16.7. The first-order valence-electron chi connectivity index (χ1n) is 16.7. The van der Waals surface area contributed by atoms with E-state index in [0.29, 0.717) is 49.8 Å². The highest BCUT2D eigenvalue weighted by Gasteiger charge is 2.38. The molecule has 1 N–H and O–H groups in total. The fraction of sp³-hybridized carbons (Fsp3) is 0.474. The molecular formula is C38H48FN3O5. The SMILES string of the molecule is COCCCOc1cc(C(=O)N(C[C@@H]2CNC[C@@H]2CN(C(=O)Cc2cccc(-c3cccc(F)c3)c2)C2CC2)C(C)C)ccc1OC. The molecule has 0 spiro atoms. The molecule has 2 fully saturated rings. The fourth-order valence-corrected chi connectivity index (χ4v) is 6.37. The smallest absolute Gasteiger partial charge is 0.254 e. The number of benzene rings is 3. The molecule has 9 heteroatoms. The Morgan fingerprint density at radius 3 is 2.30 bits per heavy atom. The third-order valence-corrected chi connectivity index (χ3v) is 9.14. The van der Waals surface area contributed by atoms with Crippen LogP contribution in [0, 0.1) is 17.7 Å². The van der Waals surface area contributed by atoms with Crippen molar-refractivity contribution in [2.24, 2.45) is 11.8 Å². The van der Waals surface area contributed by atoms with Crippen LogP contribution in [0.25, 0.3) is 11.1 Å². The Morgan fingerprint density at radius 2 is 1.62 bits per heavy atom. The summed E-state index contributed by atoms with van der Waals surface area (Å²) < 4.78 is 30.4. The van der Waals surface area contributed by atoms with Crippen molar-refractivity contribution in [3.8, 4) is 22.6 Å². The van der Waals surface area contributed by atoms with Crippen LogP contribution in [0.5, 0.6) is 11.5 Å². The van der Waals surface area contributed by atoms with Crippen molar-refractivity contribution in [3.05, 3.63) is 83.7 Å². The predicted molar refractivity (Wildman–Crippen MR) is 181 cm³/mol. The highest BCUT2D eigenvalue weighted by atomic mass is 19.1. The van der Waals surface area contributed by atoms with Gasteiger partial charge in [-0.05, 0) is 85.5 Å². The van der Waals surface area contributed by atoms with Gasteiger partial charge < -0.3 is 29.3 Å². The molecule has 0 aromatic heterocycles. The molecule has 2 aliphatic rings. The summed E-state index contributed by atoms with van der Waals surface area (Å²) in [5.41, 5.74) is 3.16. The number of nitrogens with one attached hydrogen (secondary N) is 1. The molecule has 1 saturated heterocycles. The quantitative estimate of drug-likeness (QED) is 0.197. The molecule has 0 radical (unpaired) electrons. The summed E-state index contributed by atoms with van der Waals surface area (Å²) in [6, 6.07) is 19.9. The van der Waals surface area contributed by atoms with E-state index in [2.05, 4.69) is 10.2 Å². The molecule has 1 heterocycles. The van der Waals surface area contributed by atoms with Gasteiger partial charge in [-0.15, -0.1) is 0 Å². The molecule has 3 aromatic rings. The van der Waals surface area contributed by atoms with Crippen LogP contribution < -0.4 is 14.8 Å². The zero-order valence-corrected chi connectivity index (χ0v) is 28.0. The Bertz CT molecular complexity index is 1510. The number of hydrogen-bond acceptors (Lipinski definition) is 6. The van der Waals surface area contributed by atoms with Gasteiger partial charge in [-0.25, -0.2) is 4.39 Å². The summed E-state index contributed by atoms with van der Waals surface area (Å²) in [6.45, 7) is 7.97. The molecule has 3 aromatic carbocycles. The van der Waals surface area contributed by atoms with E-state index in [1.807, 2.05) is 49.1 Å². The largest absolute Gasteiger partial charge is 0.493 e. The lowest BCUT2D eigenvalue weighted by molar-refractivity contribution is -0.131. The Balaban J connectivity index is 1.25. The third-order valence-electron chi connectivity index (χ3n) is 9.14. The number of rotatable bonds is 16. The van der Waals surface area contributed by atoms with E-state index in [9.17, 15) is 14.0 Å². The number of nitrogens with zero attached hydrogens (tertiary/aromatic N) is 2. The molecule has 0 unspecified atom stereocenters. The summed E-state index contributed by atoms with van der Waals surface area (Å²) in [4.78, 5) is 31.7. The van der Waals surface area contributed by atoms with Gasteiger partial charge >= 0.3 is 0 Å². The topological polar surface area (TPSA) is 80.3 Å². The first-order chi connectivity index (χ1) is 22.8. The minimum Gasteiger partial charge on any atom is -0.493 e. The lowest BCUT2D eigenvalue weighted by Crippen LogP contribution is -2.45. The second-order valence-electron chi connectivity index (χ2n) is 13.0. The number of halogens is 1. The molecular weight excluding hydrogens is 597 g/mol. The fourth-order valence-electron chi connectivity index (χ4n) is 6.37. The maximum absolute atomic E-state index is 13.9. The normalized spacial score (nSPS) is 17.5. The van der Waals surface area contributed by atoms with Crippen molar-refractivity contribution >= 4 is 11.8 Å². The van der Waals surface area contributed by atoms with Crippen molar-refractivity contribution in [2.75, 3.05) is 53.6 Å². The van der Waals surface area contributed by atoms with E-state index in [1.165, 1.54) is 12.1 Å². The Labute approximate surface area is 278 Å². The zero-order valence-electron chi connectivity index (χ0n) is 28.0. The Kier molecular flexibility index (Phi) is 11.9. The average Bonchev–Trinajstić information content (AvgIpc) is 3.82. The molecule has 8 nitrogen and oxygen atoms in total. The molecule has 47 heavy (non-hydrogen) atoms. The molecule has 252 valence electrons. The van der Waals surface area contributed by atoms with Gasteiger partial charge in [0.05, 0.1) is 20.1 Å². The van der Waals surface area contributed by atoms with Crippen LogP contribution in [0.3, 0.4) is 0 Å². The van der Waals surface area contributed by atoms with E-state index in [4.69, 9.17) is 14.2 Å². The second kappa shape index (κ2) is 16.2. The van der Waals surface area contributed by atoms with Crippen molar-refractivity contribution in [2.45, 2.75) is 51.6 Å². The van der Waals surface area contributed by atoms with Crippen LogP contribution >= 0.6 is 0 Å². The van der Waals surface area contributed by atoms with Gasteiger partial charge in [-0.1, -0.05) is 36.4 Å². The van der Waals surface area contributed by atoms with Gasteiger partial charge in [0.15, 0.2) is 11.5 Å². The summed E-state index contributed by atoms with van der Waals surface area (Å²) in [5.74, 6) is 1.33. The zero-order chi connectivity index (χ0) is 33.3. The van der Waals surface area contributed by atoms with Gasteiger partial charge in [0.1, 0.15) is 5.82 Å². The maximum atomic E-state index is 13.9. The predicted octanol–water partition coefficient (Wildman–Crippen LogP) is 5.84. The van der Waals surface area contributed by atoms with Gasteiger partial charge in [0.2, 0.25) is 5.91 Å². The standard InChI is InChI=1S/C38H48FN3O5/c1-26(2)41(38(44)30-12-15-35(46-4)36(21-30)47-17-7-16-45-3)24-31-22-40-23-32(31)25-42(34-13-14-34)37(43)19-27-8-5-9-28(18-27)29-10-6-11-33(39)20-29/h5-6,8-12,15,18,20-21,26,31-32,34,40H,7,13-14,16-17,19,22-25H2,1-4H3/t31-,32+/m0/s1. The molecule has 1 aliphatic carbocycles. The van der Waals surface area contributed by atoms with Gasteiger partial charge in [0.25, 0.3) is 5.91 Å². The number of hydrogen-bond donors (Lipinski definition) is 1. The highest BCUT2D eigenvalue weighted by molar-refractivity contribution is 5.95. The Morgan fingerprint density at radius 1 is 0.894 bits per heavy atom. The van der Waals surface area contributed by atoms with E-state index in [1.54, 1.807) is 38.5 Å². The Hall–Kier alpha value is -3.95. The summed E-state index contributed by atoms with van der Waals surface area (Å²) in [5, 5.41) is 3.53. The van der Waals surface area contributed by atoms with Gasteiger partial charge in [-0.2, -0.15) is 0 Å². The van der Waals surface area contributed by atoms with Crippen LogP contribution in [0.4, 0.5) is 4.39 Å². The molecule has 1 saturated carbocycles. The third kappa shape index (κ3) is 9.11. The van der Waals surface area contributed by atoms with Gasteiger partial charge in [0, 0.05) is 64.0 Å². The summed E-state index contributed by atoms with van der Waals surface area (Å²) >= 11 is 0. The van der Waals surface area contributed by atoms with Crippen LogP contribution in [0.1, 0.15) is 49.0 Å². The average molecular weight is 646 g/mol. The monoisotopic (exact) mass is 645 g/mol. The lowest BCUT2D eigenvalue weighted by Gasteiger charge is -2.34. The number of methoxy groups -OCH3 is 2. The van der Waals surface area contributed by atoms with E-state index in [0.717, 1.165) is 49.0 Å². The molecule has 2 amide bonds. The number of amides is 2. The minimum atomic E-state index is -0.280. The number of carbonyl (C=O) groups is 2. The van der Waals surface area contributed by atoms with E-state index < -0.39 is 0 Å². The van der Waals surface area contributed by atoms with E-state index in [-0.39, 0.29) is 41.6 Å². The van der Waals surface area contributed by atoms with Crippen LogP contribution in [-0.4, -0.2) is 87.3 Å². The van der Waals surface area contributed by atoms with Crippen molar-refractivity contribution in [1.82, 2.24) is 15.1 Å². The molecule has 1 aliphatic heterocycles. The second-order valence-corrected chi connectivity index (χ2v) is 13.0. The number of carbonyl (C=O) groups excluding carboxylic acids is 2. The van der Waals surface area contributed by atoms with Crippen molar-refractivity contribution < 1.29 is 28.2 Å². The summed E-state index contributed by atoms with van der Waals surface area (Å²) in [6.07, 6.45) is 3.07. The van der Waals surface area contributed by atoms with Crippen molar-refractivity contribution in [3.63, 3.8) is 0 Å². The van der Waals surface area contributed by atoms with Crippen LogP contribution in [-0.2, 0) is 16.0 Å². The van der Waals surface area contributed by atoms with Crippen LogP contribution in [0.2, 0.25) is 0 Å². The highest BCUT2D eigenvalue weighted by Crippen LogP contribution is 2.32. The lowest BCUT2D eigenvalue weighted by atomic mass is 9.93. The van der Waals surface area contributed by atoms with Crippen LogP contribution in [0.15, 0.2) is 66.7 Å².